The van der Waals surface area contributed by atoms with Gasteiger partial charge in [0.15, 0.2) is 0 Å². The third-order valence-corrected chi connectivity index (χ3v) is 2.79. The van der Waals surface area contributed by atoms with Gasteiger partial charge in [0.05, 0.1) is 0 Å². The van der Waals surface area contributed by atoms with Crippen molar-refractivity contribution in [3.8, 4) is 0 Å². The van der Waals surface area contributed by atoms with E-state index in [2.05, 4.69) is 10.6 Å². The number of urea groups is 1. The van der Waals surface area contributed by atoms with E-state index in [0.717, 1.165) is 5.56 Å². The van der Waals surface area contributed by atoms with Gasteiger partial charge >= 0.3 is 12.0 Å². The van der Waals surface area contributed by atoms with Crippen molar-refractivity contribution in [1.29, 1.82) is 0 Å². The topological polar surface area (TPSA) is 78.4 Å². The Bertz CT molecular complexity index is 448. The molecule has 3 N–H and O–H groups in total. The lowest BCUT2D eigenvalue weighted by Crippen LogP contribution is -2.46. The van der Waals surface area contributed by atoms with Gasteiger partial charge in [0.25, 0.3) is 0 Å². The molecule has 0 bridgehead atoms. The molecule has 1 rings (SSSR count). The molecule has 1 aromatic carbocycles. The molecule has 1 aromatic rings. The number of amides is 2. The van der Waals surface area contributed by atoms with Gasteiger partial charge in [-0.05, 0) is 30.5 Å². The number of carbonyl (C=O) groups is 2. The fourth-order valence-corrected chi connectivity index (χ4v) is 1.73. The molecule has 1 unspecified atom stereocenters. The van der Waals surface area contributed by atoms with Crippen LogP contribution in [0.2, 0.25) is 0 Å². The zero-order valence-electron chi connectivity index (χ0n) is 11.4. The van der Waals surface area contributed by atoms with Crippen LogP contribution in [0.1, 0.15) is 25.3 Å². The van der Waals surface area contributed by atoms with Gasteiger partial charge in [-0.3, -0.25) is 0 Å². The van der Waals surface area contributed by atoms with Crippen molar-refractivity contribution in [2.75, 3.05) is 6.54 Å². The molecular formula is C14H19FN2O3. The Hall–Kier alpha value is -2.11. The second kappa shape index (κ2) is 8.14. The van der Waals surface area contributed by atoms with Gasteiger partial charge in [0, 0.05) is 6.54 Å². The van der Waals surface area contributed by atoms with Crippen LogP contribution in [0.5, 0.6) is 0 Å². The SMILES string of the molecule is CCCC(NC(=O)NCCc1ccc(F)cc1)C(=O)O. The Balaban J connectivity index is 2.32. The summed E-state index contributed by atoms with van der Waals surface area (Å²) in [6.45, 7) is 2.21. The number of benzene rings is 1. The van der Waals surface area contributed by atoms with Gasteiger partial charge in [-0.2, -0.15) is 0 Å². The Morgan fingerprint density at radius 1 is 1.30 bits per heavy atom. The highest BCUT2D eigenvalue weighted by atomic mass is 19.1. The van der Waals surface area contributed by atoms with Crippen molar-refractivity contribution in [2.45, 2.75) is 32.2 Å². The van der Waals surface area contributed by atoms with E-state index in [0.29, 0.717) is 25.8 Å². The van der Waals surface area contributed by atoms with E-state index in [4.69, 9.17) is 5.11 Å². The molecule has 0 aromatic heterocycles. The van der Waals surface area contributed by atoms with E-state index in [1.807, 2.05) is 6.92 Å². The molecule has 110 valence electrons. The highest BCUT2D eigenvalue weighted by Crippen LogP contribution is 2.02. The molecule has 0 radical (unpaired) electrons. The normalized spacial score (nSPS) is 11.7. The summed E-state index contributed by atoms with van der Waals surface area (Å²) in [5.74, 6) is -1.34. The lowest BCUT2D eigenvalue weighted by molar-refractivity contribution is -0.139. The van der Waals surface area contributed by atoms with Crippen LogP contribution < -0.4 is 10.6 Å². The maximum atomic E-state index is 12.7. The first-order valence-electron chi connectivity index (χ1n) is 6.54. The molecule has 2 amide bonds. The zero-order chi connectivity index (χ0) is 15.0. The number of carboxylic acids is 1. The fraction of sp³-hybridized carbons (Fsp3) is 0.429. The van der Waals surface area contributed by atoms with Gasteiger partial charge in [0.2, 0.25) is 0 Å². The monoisotopic (exact) mass is 282 g/mol. The highest BCUT2D eigenvalue weighted by Gasteiger charge is 2.18. The third-order valence-electron chi connectivity index (χ3n) is 2.79. The molecule has 0 spiro atoms. The van der Waals surface area contributed by atoms with Crippen molar-refractivity contribution in [3.63, 3.8) is 0 Å². The summed E-state index contributed by atoms with van der Waals surface area (Å²) < 4.78 is 12.7. The predicted octanol–water partition coefficient (Wildman–Crippen LogP) is 1.92. The standard InChI is InChI=1S/C14H19FN2O3/c1-2-3-12(13(18)19)17-14(20)16-9-8-10-4-6-11(15)7-5-10/h4-7,12H,2-3,8-9H2,1H3,(H,18,19)(H2,16,17,20). The number of rotatable bonds is 7. The summed E-state index contributed by atoms with van der Waals surface area (Å²) in [5, 5.41) is 13.9. The van der Waals surface area contributed by atoms with Crippen LogP contribution in [-0.4, -0.2) is 29.7 Å². The summed E-state index contributed by atoms with van der Waals surface area (Å²) in [7, 11) is 0. The third kappa shape index (κ3) is 5.69. The van der Waals surface area contributed by atoms with Gasteiger partial charge in [-0.1, -0.05) is 25.5 Å². The second-order valence-corrected chi connectivity index (χ2v) is 4.46. The number of nitrogens with one attached hydrogen (secondary N) is 2. The average Bonchev–Trinajstić information content (AvgIpc) is 2.40. The van der Waals surface area contributed by atoms with Crippen LogP contribution in [0, 0.1) is 5.82 Å². The molecule has 5 nitrogen and oxygen atoms in total. The van der Waals surface area contributed by atoms with E-state index < -0.39 is 18.0 Å². The quantitative estimate of drug-likeness (QED) is 0.715. The van der Waals surface area contributed by atoms with Gasteiger partial charge in [0.1, 0.15) is 11.9 Å². The molecule has 0 fully saturated rings. The minimum absolute atomic E-state index is 0.302. The smallest absolute Gasteiger partial charge is 0.326 e. The van der Waals surface area contributed by atoms with Crippen molar-refractivity contribution < 1.29 is 19.1 Å². The first-order valence-corrected chi connectivity index (χ1v) is 6.54. The molecule has 0 saturated heterocycles. The first-order chi connectivity index (χ1) is 9.52. The summed E-state index contributed by atoms with van der Waals surface area (Å²) in [5.41, 5.74) is 0.898. The zero-order valence-corrected chi connectivity index (χ0v) is 11.4. The number of aliphatic carboxylic acids is 1. The Morgan fingerprint density at radius 2 is 1.95 bits per heavy atom. The van der Waals surface area contributed by atoms with Gasteiger partial charge in [-0.25, -0.2) is 14.0 Å². The fourth-order valence-electron chi connectivity index (χ4n) is 1.73. The van der Waals surface area contributed by atoms with Crippen LogP contribution in [0.4, 0.5) is 9.18 Å². The van der Waals surface area contributed by atoms with E-state index in [1.165, 1.54) is 12.1 Å². The molecule has 0 aliphatic rings. The molecular weight excluding hydrogens is 263 g/mol. The molecule has 0 aliphatic heterocycles. The lowest BCUT2D eigenvalue weighted by atomic mass is 10.1. The lowest BCUT2D eigenvalue weighted by Gasteiger charge is -2.14. The molecule has 0 saturated carbocycles. The number of hydrogen-bond donors (Lipinski definition) is 3. The van der Waals surface area contributed by atoms with Crippen LogP contribution >= 0.6 is 0 Å². The van der Waals surface area contributed by atoms with E-state index in [1.54, 1.807) is 12.1 Å². The largest absolute Gasteiger partial charge is 0.480 e. The average molecular weight is 282 g/mol. The van der Waals surface area contributed by atoms with Gasteiger partial charge in [-0.15, -0.1) is 0 Å². The molecule has 1 atom stereocenters. The van der Waals surface area contributed by atoms with Crippen molar-refractivity contribution in [2.24, 2.45) is 0 Å². The maximum Gasteiger partial charge on any atom is 0.326 e. The van der Waals surface area contributed by atoms with Crippen LogP contribution in [0.25, 0.3) is 0 Å². The van der Waals surface area contributed by atoms with E-state index >= 15 is 0 Å². The van der Waals surface area contributed by atoms with Gasteiger partial charge < -0.3 is 15.7 Å². The Morgan fingerprint density at radius 3 is 2.50 bits per heavy atom. The summed E-state index contributed by atoms with van der Waals surface area (Å²) in [6.07, 6.45) is 1.62. The second-order valence-electron chi connectivity index (χ2n) is 4.46. The molecule has 6 heteroatoms. The Labute approximate surface area is 117 Å². The van der Waals surface area contributed by atoms with E-state index in [-0.39, 0.29) is 5.82 Å². The maximum absolute atomic E-state index is 12.7. The number of carboxylic acid groups (broad SMARTS) is 1. The van der Waals surface area contributed by atoms with Crippen LogP contribution in [0.15, 0.2) is 24.3 Å². The van der Waals surface area contributed by atoms with Crippen LogP contribution in [-0.2, 0) is 11.2 Å². The number of halogens is 1. The van der Waals surface area contributed by atoms with Crippen molar-refractivity contribution in [3.05, 3.63) is 35.6 Å². The number of carbonyl (C=O) groups excluding carboxylic acids is 1. The summed E-state index contributed by atoms with van der Waals surface area (Å²) in [4.78, 5) is 22.4. The highest BCUT2D eigenvalue weighted by molar-refractivity contribution is 5.82. The van der Waals surface area contributed by atoms with E-state index in [9.17, 15) is 14.0 Å². The summed E-state index contributed by atoms with van der Waals surface area (Å²) >= 11 is 0. The molecule has 20 heavy (non-hydrogen) atoms. The minimum Gasteiger partial charge on any atom is -0.480 e. The Kier molecular flexibility index (Phi) is 6.49. The van der Waals surface area contributed by atoms with Crippen LogP contribution in [0.3, 0.4) is 0 Å². The predicted molar refractivity (Wildman–Crippen MR) is 73.0 cm³/mol. The van der Waals surface area contributed by atoms with Crippen molar-refractivity contribution >= 4 is 12.0 Å². The summed E-state index contributed by atoms with van der Waals surface area (Å²) in [6, 6.07) is 4.63. The van der Waals surface area contributed by atoms with Crippen molar-refractivity contribution in [1.82, 2.24) is 10.6 Å². The molecule has 0 aliphatic carbocycles. The number of hydrogen-bond acceptors (Lipinski definition) is 2. The minimum atomic E-state index is -1.04. The first kappa shape index (κ1) is 15.9. The molecule has 0 heterocycles.